The molecule has 0 saturated heterocycles. The lowest BCUT2D eigenvalue weighted by Gasteiger charge is -2.21. The summed E-state index contributed by atoms with van der Waals surface area (Å²) < 4.78 is 59.9. The number of para-hydroxylation sites is 2. The molecule has 0 aliphatic carbocycles. The van der Waals surface area contributed by atoms with E-state index in [-0.39, 0.29) is 26.8 Å². The molecule has 7 nitrogen and oxygen atoms in total. The molecule has 0 aliphatic heterocycles. The van der Waals surface area contributed by atoms with E-state index in [9.17, 15) is 22.0 Å². The normalized spacial score (nSPS) is 11.2. The third-order valence-electron chi connectivity index (χ3n) is 5.13. The van der Waals surface area contributed by atoms with Gasteiger partial charge in [-0.05, 0) is 54.6 Å². The number of rotatable bonds is 7. The lowest BCUT2D eigenvalue weighted by Crippen LogP contribution is -2.27. The van der Waals surface area contributed by atoms with E-state index < -0.39 is 27.6 Å². The summed E-state index contributed by atoms with van der Waals surface area (Å²) in [5, 5.41) is 4.26. The number of aromatic nitrogens is 1. The number of amides is 1. The average molecular weight is 516 g/mol. The number of halogens is 2. The lowest BCUT2D eigenvalue weighted by molar-refractivity contribution is 0.102. The van der Waals surface area contributed by atoms with Crippen molar-refractivity contribution in [3.05, 3.63) is 89.3 Å². The smallest absolute Gasteiger partial charge is 0.264 e. The predicted molar refractivity (Wildman–Crippen MR) is 130 cm³/mol. The third-order valence-corrected chi connectivity index (χ3v) is 7.67. The fraction of sp³-hybridized carbons (Fsp3) is 0.0833. The third kappa shape index (κ3) is 5.00. The Hall–Kier alpha value is -3.83. The van der Waals surface area contributed by atoms with Crippen LogP contribution in [0.2, 0.25) is 0 Å². The van der Waals surface area contributed by atoms with Gasteiger partial charge in [0.15, 0.2) is 5.13 Å². The van der Waals surface area contributed by atoms with Crippen LogP contribution in [0, 0.1) is 11.6 Å². The number of sulfonamides is 1. The van der Waals surface area contributed by atoms with Crippen molar-refractivity contribution in [2.24, 2.45) is 0 Å². The zero-order valence-corrected chi connectivity index (χ0v) is 20.2. The Labute approximate surface area is 204 Å². The van der Waals surface area contributed by atoms with Crippen LogP contribution in [-0.4, -0.2) is 33.5 Å². The Morgan fingerprint density at radius 2 is 1.77 bits per heavy atom. The molecule has 0 fully saturated rings. The number of hydrogen-bond donors (Lipinski definition) is 1. The van der Waals surface area contributed by atoms with E-state index in [0.717, 1.165) is 33.8 Å². The molecule has 0 bridgehead atoms. The summed E-state index contributed by atoms with van der Waals surface area (Å²) >= 11 is 1.05. The molecule has 4 aromatic rings. The van der Waals surface area contributed by atoms with E-state index in [2.05, 4.69) is 10.3 Å². The molecule has 180 valence electrons. The van der Waals surface area contributed by atoms with Crippen LogP contribution in [0.5, 0.6) is 5.75 Å². The van der Waals surface area contributed by atoms with E-state index in [1.54, 1.807) is 24.3 Å². The van der Waals surface area contributed by atoms with Crippen LogP contribution >= 0.6 is 11.3 Å². The number of carbonyl (C=O) groups excluding carboxylic acids is 1. The van der Waals surface area contributed by atoms with Crippen molar-refractivity contribution in [3.8, 4) is 17.0 Å². The highest BCUT2D eigenvalue weighted by atomic mass is 32.2. The number of benzene rings is 3. The average Bonchev–Trinajstić information content (AvgIpc) is 3.33. The number of anilines is 2. The van der Waals surface area contributed by atoms with Gasteiger partial charge in [-0.15, -0.1) is 11.3 Å². The van der Waals surface area contributed by atoms with Crippen LogP contribution in [0.15, 0.2) is 77.0 Å². The lowest BCUT2D eigenvalue weighted by atomic mass is 10.1. The number of nitrogens with zero attached hydrogens (tertiary/aromatic N) is 2. The number of thiazole rings is 1. The fourth-order valence-electron chi connectivity index (χ4n) is 3.27. The van der Waals surface area contributed by atoms with Crippen molar-refractivity contribution in [1.29, 1.82) is 0 Å². The Kier molecular flexibility index (Phi) is 6.81. The quantitative estimate of drug-likeness (QED) is 0.367. The van der Waals surface area contributed by atoms with Gasteiger partial charge in [-0.25, -0.2) is 22.2 Å². The van der Waals surface area contributed by atoms with E-state index in [0.29, 0.717) is 11.4 Å². The van der Waals surface area contributed by atoms with Gasteiger partial charge in [0.1, 0.15) is 17.4 Å². The van der Waals surface area contributed by atoms with Crippen LogP contribution < -0.4 is 14.4 Å². The second-order valence-electron chi connectivity index (χ2n) is 7.28. The van der Waals surface area contributed by atoms with Gasteiger partial charge < -0.3 is 4.74 Å². The van der Waals surface area contributed by atoms with Crippen molar-refractivity contribution in [3.63, 3.8) is 0 Å². The number of nitrogens with one attached hydrogen (secondary N) is 1. The van der Waals surface area contributed by atoms with Gasteiger partial charge in [0.2, 0.25) is 0 Å². The van der Waals surface area contributed by atoms with Crippen molar-refractivity contribution < 1.29 is 26.7 Å². The Bertz CT molecular complexity index is 1490. The van der Waals surface area contributed by atoms with Gasteiger partial charge in [-0.1, -0.05) is 12.1 Å². The summed E-state index contributed by atoms with van der Waals surface area (Å²) in [5.74, 6) is -1.38. The minimum Gasteiger partial charge on any atom is -0.495 e. The minimum absolute atomic E-state index is 0.0134. The van der Waals surface area contributed by atoms with E-state index >= 15 is 0 Å². The zero-order valence-electron chi connectivity index (χ0n) is 18.5. The van der Waals surface area contributed by atoms with Gasteiger partial charge in [0, 0.05) is 23.6 Å². The maximum absolute atomic E-state index is 14.0. The maximum atomic E-state index is 14.0. The van der Waals surface area contributed by atoms with Gasteiger partial charge >= 0.3 is 0 Å². The number of ether oxygens (including phenoxy) is 1. The summed E-state index contributed by atoms with van der Waals surface area (Å²) in [4.78, 5) is 16.8. The molecule has 0 unspecified atom stereocenters. The molecule has 35 heavy (non-hydrogen) atoms. The molecule has 0 aliphatic rings. The SMILES string of the molecule is COc1ccccc1N(C)S(=O)(=O)c1ccc(C(=O)Nc2nc(-c3cc(F)ccc3F)cs2)cc1. The molecule has 1 N–H and O–H groups in total. The summed E-state index contributed by atoms with van der Waals surface area (Å²) in [6, 6.07) is 15.1. The first kappa shape index (κ1) is 24.3. The van der Waals surface area contributed by atoms with Crippen molar-refractivity contribution in [1.82, 2.24) is 4.98 Å². The molecular formula is C24H19F2N3O4S2. The summed E-state index contributed by atoms with van der Waals surface area (Å²) in [6.45, 7) is 0. The first-order valence-electron chi connectivity index (χ1n) is 10.1. The first-order chi connectivity index (χ1) is 16.7. The van der Waals surface area contributed by atoms with Crippen LogP contribution in [0.25, 0.3) is 11.3 Å². The highest BCUT2D eigenvalue weighted by Gasteiger charge is 2.24. The monoisotopic (exact) mass is 515 g/mol. The van der Waals surface area contributed by atoms with Gasteiger partial charge in [0.05, 0.1) is 23.4 Å². The minimum atomic E-state index is -3.92. The molecule has 0 radical (unpaired) electrons. The number of hydrogen-bond acceptors (Lipinski definition) is 6. The second-order valence-corrected chi connectivity index (χ2v) is 10.1. The Morgan fingerprint density at radius 1 is 1.06 bits per heavy atom. The second kappa shape index (κ2) is 9.80. The van der Waals surface area contributed by atoms with Gasteiger partial charge in [-0.3, -0.25) is 14.4 Å². The predicted octanol–water partition coefficient (Wildman–Crippen LogP) is 5.17. The largest absolute Gasteiger partial charge is 0.495 e. The van der Waals surface area contributed by atoms with Gasteiger partial charge in [-0.2, -0.15) is 0 Å². The molecule has 1 aromatic heterocycles. The van der Waals surface area contributed by atoms with E-state index in [4.69, 9.17) is 4.74 Å². The van der Waals surface area contributed by atoms with Crippen molar-refractivity contribution in [2.75, 3.05) is 23.8 Å². The molecule has 0 spiro atoms. The molecule has 1 amide bonds. The Balaban J connectivity index is 1.50. The Morgan fingerprint density at radius 3 is 2.49 bits per heavy atom. The van der Waals surface area contributed by atoms with E-state index in [1.165, 1.54) is 43.8 Å². The molecule has 0 saturated carbocycles. The summed E-state index contributed by atoms with van der Waals surface area (Å²) in [6.07, 6.45) is 0. The highest BCUT2D eigenvalue weighted by Crippen LogP contribution is 2.31. The topological polar surface area (TPSA) is 88.6 Å². The molecule has 3 aromatic carbocycles. The maximum Gasteiger partial charge on any atom is 0.264 e. The van der Waals surface area contributed by atoms with Crippen LogP contribution in [0.1, 0.15) is 10.4 Å². The van der Waals surface area contributed by atoms with Crippen LogP contribution in [0.4, 0.5) is 19.6 Å². The fourth-order valence-corrected chi connectivity index (χ4v) is 5.19. The molecule has 4 rings (SSSR count). The summed E-state index contributed by atoms with van der Waals surface area (Å²) in [7, 11) is -1.05. The van der Waals surface area contributed by atoms with Gasteiger partial charge in [0.25, 0.3) is 15.9 Å². The van der Waals surface area contributed by atoms with Crippen LogP contribution in [0.3, 0.4) is 0 Å². The molecular weight excluding hydrogens is 496 g/mol. The number of carbonyl (C=O) groups is 1. The van der Waals surface area contributed by atoms with Crippen molar-refractivity contribution >= 4 is 38.1 Å². The van der Waals surface area contributed by atoms with Crippen molar-refractivity contribution in [2.45, 2.75) is 4.90 Å². The molecule has 1 heterocycles. The standard InChI is InChI=1S/C24H19F2N3O4S2/c1-29(21-5-3-4-6-22(21)33-2)35(31,32)17-10-7-15(8-11-17)23(30)28-24-27-20(14-34-24)18-13-16(25)9-12-19(18)26/h3-14H,1-2H3,(H,27,28,30). The van der Waals surface area contributed by atoms with E-state index in [1.807, 2.05) is 0 Å². The summed E-state index contributed by atoms with van der Waals surface area (Å²) in [5.41, 5.74) is 0.724. The number of methoxy groups -OCH3 is 1. The zero-order chi connectivity index (χ0) is 25.2. The van der Waals surface area contributed by atoms with Crippen LogP contribution in [-0.2, 0) is 10.0 Å². The first-order valence-corrected chi connectivity index (χ1v) is 12.5. The molecule has 0 atom stereocenters. The molecule has 11 heteroatoms. The highest BCUT2D eigenvalue weighted by molar-refractivity contribution is 7.92.